The van der Waals surface area contributed by atoms with Crippen molar-refractivity contribution in [2.75, 3.05) is 5.73 Å². The number of hydrogen-bond acceptors (Lipinski definition) is 3. The van der Waals surface area contributed by atoms with Gasteiger partial charge in [-0.1, -0.05) is 0 Å². The van der Waals surface area contributed by atoms with Crippen LogP contribution in [0.25, 0.3) is 0 Å². The summed E-state index contributed by atoms with van der Waals surface area (Å²) in [4.78, 5) is 3.89. The maximum absolute atomic E-state index is 12.4. The third kappa shape index (κ3) is 1.92. The van der Waals surface area contributed by atoms with E-state index in [1.165, 1.54) is 6.07 Å². The second-order valence-corrected chi connectivity index (χ2v) is 2.72. The molecule has 72 valence electrons. The topological polar surface area (TPSA) is 64.9 Å². The third-order valence-electron chi connectivity index (χ3n) is 1.71. The van der Waals surface area contributed by atoms with Gasteiger partial charge in [0.15, 0.2) is 0 Å². The first-order chi connectivity index (χ1) is 6.06. The number of hydrogen-bond donors (Lipinski definition) is 2. The average Bonchev–Trinajstić information content (AvgIpc) is 2.01. The predicted molar refractivity (Wildman–Crippen MR) is 46.2 cm³/mol. The van der Waals surface area contributed by atoms with Crippen LogP contribution in [0.3, 0.4) is 0 Å². The van der Waals surface area contributed by atoms with Gasteiger partial charge in [0.1, 0.15) is 0 Å². The molecule has 1 aromatic heterocycles. The van der Waals surface area contributed by atoms with E-state index in [2.05, 4.69) is 4.98 Å². The van der Waals surface area contributed by atoms with E-state index in [0.717, 1.165) is 0 Å². The molecular weight excluding hydrogens is 176 g/mol. The van der Waals surface area contributed by atoms with Crippen molar-refractivity contribution in [3.8, 4) is 0 Å². The molecular formula is C8H11F2N3. The van der Waals surface area contributed by atoms with E-state index in [1.807, 2.05) is 0 Å². The highest BCUT2D eigenvalue weighted by molar-refractivity contribution is 5.50. The second-order valence-electron chi connectivity index (χ2n) is 2.72. The molecule has 0 amide bonds. The summed E-state index contributed by atoms with van der Waals surface area (Å²) in [5, 5.41) is 0. The first-order valence-electron chi connectivity index (χ1n) is 3.80. The molecule has 0 aliphatic carbocycles. The molecule has 5 heteroatoms. The van der Waals surface area contributed by atoms with E-state index in [9.17, 15) is 8.78 Å². The van der Waals surface area contributed by atoms with Gasteiger partial charge in [0.25, 0.3) is 6.43 Å². The normalized spacial score (nSPS) is 10.8. The van der Waals surface area contributed by atoms with Gasteiger partial charge in [0.05, 0.1) is 11.3 Å². The maximum atomic E-state index is 12.4. The second kappa shape index (κ2) is 3.66. The lowest BCUT2D eigenvalue weighted by Crippen LogP contribution is -2.09. The largest absolute Gasteiger partial charge is 0.398 e. The standard InChI is InChI=1S/C8H11F2N3/c1-4-2-5(12)7(8(9)10)6(3-11)13-4/h2,8H,3,11H2,1H3,(H2,12,13). The van der Waals surface area contributed by atoms with Crippen LogP contribution < -0.4 is 11.5 Å². The molecule has 1 aromatic rings. The minimum atomic E-state index is -2.62. The number of aromatic nitrogens is 1. The van der Waals surface area contributed by atoms with E-state index >= 15 is 0 Å². The van der Waals surface area contributed by atoms with E-state index in [4.69, 9.17) is 11.5 Å². The molecule has 0 aliphatic rings. The molecule has 1 rings (SSSR count). The van der Waals surface area contributed by atoms with Crippen molar-refractivity contribution >= 4 is 5.69 Å². The quantitative estimate of drug-likeness (QED) is 0.734. The van der Waals surface area contributed by atoms with Gasteiger partial charge in [0, 0.05) is 17.9 Å². The highest BCUT2D eigenvalue weighted by atomic mass is 19.3. The number of alkyl halides is 2. The van der Waals surface area contributed by atoms with Gasteiger partial charge < -0.3 is 11.5 Å². The van der Waals surface area contributed by atoms with E-state index < -0.39 is 6.43 Å². The van der Waals surface area contributed by atoms with Gasteiger partial charge in [0.2, 0.25) is 0 Å². The summed E-state index contributed by atoms with van der Waals surface area (Å²) in [6.45, 7) is 1.66. The van der Waals surface area contributed by atoms with Crippen LogP contribution in [0.5, 0.6) is 0 Å². The fourth-order valence-electron chi connectivity index (χ4n) is 1.18. The number of pyridine rings is 1. The predicted octanol–water partition coefficient (Wildman–Crippen LogP) is 1.37. The summed E-state index contributed by atoms with van der Waals surface area (Å²) < 4.78 is 24.9. The summed E-state index contributed by atoms with van der Waals surface area (Å²) >= 11 is 0. The van der Waals surface area contributed by atoms with Crippen molar-refractivity contribution in [2.24, 2.45) is 5.73 Å². The smallest absolute Gasteiger partial charge is 0.267 e. The zero-order valence-electron chi connectivity index (χ0n) is 7.22. The van der Waals surface area contributed by atoms with E-state index in [1.54, 1.807) is 6.92 Å². The van der Waals surface area contributed by atoms with E-state index in [-0.39, 0.29) is 23.5 Å². The van der Waals surface area contributed by atoms with Crippen LogP contribution >= 0.6 is 0 Å². The molecule has 13 heavy (non-hydrogen) atoms. The SMILES string of the molecule is Cc1cc(N)c(C(F)F)c(CN)n1. The molecule has 0 aliphatic heterocycles. The Kier molecular flexibility index (Phi) is 2.77. The molecule has 0 bridgehead atoms. The lowest BCUT2D eigenvalue weighted by atomic mass is 10.1. The summed E-state index contributed by atoms with van der Waals surface area (Å²) in [6.07, 6.45) is -2.62. The molecule has 0 unspecified atom stereocenters. The zero-order valence-corrected chi connectivity index (χ0v) is 7.22. The van der Waals surface area contributed by atoms with Crippen molar-refractivity contribution in [1.82, 2.24) is 4.98 Å². The van der Waals surface area contributed by atoms with Crippen molar-refractivity contribution in [3.05, 3.63) is 23.0 Å². The molecule has 4 N–H and O–H groups in total. The minimum Gasteiger partial charge on any atom is -0.398 e. The van der Waals surface area contributed by atoms with Crippen LogP contribution in [0.1, 0.15) is 23.4 Å². The molecule has 0 saturated heterocycles. The lowest BCUT2D eigenvalue weighted by Gasteiger charge is -2.10. The Balaban J connectivity index is 3.30. The highest BCUT2D eigenvalue weighted by Crippen LogP contribution is 2.27. The van der Waals surface area contributed by atoms with Crippen LogP contribution in [0.2, 0.25) is 0 Å². The number of nitrogens with zero attached hydrogens (tertiary/aromatic N) is 1. The Labute approximate surface area is 74.8 Å². The van der Waals surface area contributed by atoms with Crippen LogP contribution in [-0.4, -0.2) is 4.98 Å². The number of anilines is 1. The molecule has 0 aromatic carbocycles. The summed E-state index contributed by atoms with van der Waals surface area (Å²) in [5.41, 5.74) is 11.3. The Morgan fingerprint density at radius 1 is 1.54 bits per heavy atom. The first-order valence-corrected chi connectivity index (χ1v) is 3.80. The van der Waals surface area contributed by atoms with Crippen LogP contribution in [0.4, 0.5) is 14.5 Å². The zero-order chi connectivity index (χ0) is 10.0. The summed E-state index contributed by atoms with van der Waals surface area (Å²) in [5.74, 6) is 0. The van der Waals surface area contributed by atoms with Gasteiger partial charge in [-0.25, -0.2) is 8.78 Å². The number of nitrogen functional groups attached to an aromatic ring is 1. The number of rotatable bonds is 2. The van der Waals surface area contributed by atoms with Gasteiger partial charge in [-0.05, 0) is 13.0 Å². The van der Waals surface area contributed by atoms with Crippen LogP contribution in [-0.2, 0) is 6.54 Å². The summed E-state index contributed by atoms with van der Waals surface area (Å²) in [6, 6.07) is 1.42. The van der Waals surface area contributed by atoms with Crippen LogP contribution in [0.15, 0.2) is 6.07 Å². The van der Waals surface area contributed by atoms with Crippen molar-refractivity contribution in [2.45, 2.75) is 19.9 Å². The number of halogens is 2. The number of nitrogens with two attached hydrogens (primary N) is 2. The lowest BCUT2D eigenvalue weighted by molar-refractivity contribution is 0.150. The molecule has 1 heterocycles. The fraction of sp³-hybridized carbons (Fsp3) is 0.375. The van der Waals surface area contributed by atoms with Gasteiger partial charge in [-0.15, -0.1) is 0 Å². The Morgan fingerprint density at radius 2 is 2.15 bits per heavy atom. The van der Waals surface area contributed by atoms with Gasteiger partial charge in [-0.3, -0.25) is 4.98 Å². The molecule has 0 radical (unpaired) electrons. The van der Waals surface area contributed by atoms with Crippen molar-refractivity contribution in [1.29, 1.82) is 0 Å². The first kappa shape index (κ1) is 9.85. The molecule has 0 saturated carbocycles. The maximum Gasteiger partial charge on any atom is 0.267 e. The third-order valence-corrected chi connectivity index (χ3v) is 1.71. The minimum absolute atomic E-state index is 0.0223. The Bertz CT molecular complexity index is 313. The molecule has 0 fully saturated rings. The van der Waals surface area contributed by atoms with Gasteiger partial charge >= 0.3 is 0 Å². The van der Waals surface area contributed by atoms with Crippen LogP contribution in [0, 0.1) is 6.92 Å². The van der Waals surface area contributed by atoms with Crippen molar-refractivity contribution in [3.63, 3.8) is 0 Å². The number of aryl methyl sites for hydroxylation is 1. The Morgan fingerprint density at radius 3 is 2.62 bits per heavy atom. The molecule has 0 atom stereocenters. The fourth-order valence-corrected chi connectivity index (χ4v) is 1.18. The average molecular weight is 187 g/mol. The van der Waals surface area contributed by atoms with Crippen molar-refractivity contribution < 1.29 is 8.78 Å². The molecule has 3 nitrogen and oxygen atoms in total. The summed E-state index contributed by atoms with van der Waals surface area (Å²) in [7, 11) is 0. The Hall–Kier alpha value is -1.23. The monoisotopic (exact) mass is 187 g/mol. The van der Waals surface area contributed by atoms with E-state index in [0.29, 0.717) is 5.69 Å². The molecule has 0 spiro atoms. The highest BCUT2D eigenvalue weighted by Gasteiger charge is 2.17. The van der Waals surface area contributed by atoms with Gasteiger partial charge in [-0.2, -0.15) is 0 Å².